The van der Waals surface area contributed by atoms with E-state index in [4.69, 9.17) is 0 Å². The molecule has 0 unspecified atom stereocenters. The topological polar surface area (TPSA) is 35.5 Å². The van der Waals surface area contributed by atoms with E-state index in [1.54, 1.807) is 31.9 Å². The maximum atomic E-state index is 11.7. The van der Waals surface area contributed by atoms with Crippen LogP contribution in [0.1, 0.15) is 0 Å². The SMILES string of the molecule is O=[PH](OC(F)(F)Br)OC(F)(F)Br. The molecule has 0 radical (unpaired) electrons. The van der Waals surface area contributed by atoms with Crippen LogP contribution in [0.3, 0.4) is 0 Å². The second kappa shape index (κ2) is 4.36. The molecule has 0 aliphatic heterocycles. The zero-order chi connectivity index (χ0) is 9.99. The van der Waals surface area contributed by atoms with Gasteiger partial charge < -0.3 is 0 Å². The zero-order valence-corrected chi connectivity index (χ0v) is 9.16. The van der Waals surface area contributed by atoms with Crippen molar-refractivity contribution < 1.29 is 31.2 Å². The minimum Gasteiger partial charge on any atom is -0.263 e. The minimum atomic E-state index is -3.95. The molecule has 0 atom stereocenters. The Bertz CT molecular complexity index is 158. The van der Waals surface area contributed by atoms with E-state index in [0.717, 1.165) is 0 Å². The maximum Gasteiger partial charge on any atom is 0.421 e. The van der Waals surface area contributed by atoms with E-state index in [0.29, 0.717) is 0 Å². The molecule has 0 spiro atoms. The third-order valence-corrected chi connectivity index (χ3v) is 2.17. The van der Waals surface area contributed by atoms with Crippen molar-refractivity contribution in [3.05, 3.63) is 0 Å². The third kappa shape index (κ3) is 8.92. The number of rotatable bonds is 4. The summed E-state index contributed by atoms with van der Waals surface area (Å²) in [5.41, 5.74) is 0. The lowest BCUT2D eigenvalue weighted by molar-refractivity contribution is -0.119. The first kappa shape index (κ1) is 12.8. The first-order chi connectivity index (χ1) is 5.10. The molecule has 0 amide bonds. The molecule has 0 aliphatic rings. The Labute approximate surface area is 81.6 Å². The van der Waals surface area contributed by atoms with Crippen LogP contribution in [-0.2, 0) is 13.6 Å². The summed E-state index contributed by atoms with van der Waals surface area (Å²) in [7, 11) is -3.95. The van der Waals surface area contributed by atoms with E-state index < -0.39 is 18.3 Å². The van der Waals surface area contributed by atoms with E-state index in [9.17, 15) is 22.1 Å². The largest absolute Gasteiger partial charge is 0.421 e. The number of alkyl halides is 6. The van der Waals surface area contributed by atoms with Crippen molar-refractivity contribution >= 4 is 40.1 Å². The van der Waals surface area contributed by atoms with Crippen LogP contribution in [0.25, 0.3) is 0 Å². The van der Waals surface area contributed by atoms with Gasteiger partial charge in [0.1, 0.15) is 0 Å². The monoisotopic (exact) mass is 338 g/mol. The Balaban J connectivity index is 3.92. The Morgan fingerprint density at radius 1 is 1.00 bits per heavy atom. The number of hydrogen-bond acceptors (Lipinski definition) is 3. The lowest BCUT2D eigenvalue weighted by atomic mass is 11.5. The molecule has 0 aromatic heterocycles. The summed E-state index contributed by atoms with van der Waals surface area (Å²) in [4.78, 5) is 0. The maximum absolute atomic E-state index is 11.7. The Morgan fingerprint density at radius 2 is 1.25 bits per heavy atom. The average Bonchev–Trinajstić information content (AvgIpc) is 1.49. The highest BCUT2D eigenvalue weighted by Crippen LogP contribution is 2.42. The van der Waals surface area contributed by atoms with E-state index in [2.05, 4.69) is 9.05 Å². The van der Waals surface area contributed by atoms with Crippen molar-refractivity contribution in [3.8, 4) is 0 Å². The van der Waals surface area contributed by atoms with Gasteiger partial charge in [-0.25, -0.2) is 9.05 Å². The second-order valence-electron chi connectivity index (χ2n) is 1.35. The molecule has 0 saturated carbocycles. The molecule has 0 saturated heterocycles. The Kier molecular flexibility index (Phi) is 4.67. The van der Waals surface area contributed by atoms with E-state index in [-0.39, 0.29) is 0 Å². The molecule has 0 aliphatic carbocycles. The predicted octanol–water partition coefficient (Wildman–Crippen LogP) is 3.30. The van der Waals surface area contributed by atoms with Gasteiger partial charge in [-0.15, -0.1) is 0 Å². The van der Waals surface area contributed by atoms with E-state index in [1.807, 2.05) is 0 Å². The molecule has 0 rings (SSSR count). The van der Waals surface area contributed by atoms with Crippen LogP contribution in [0.15, 0.2) is 0 Å². The summed E-state index contributed by atoms with van der Waals surface area (Å²) in [6.45, 7) is 0. The lowest BCUT2D eigenvalue weighted by Gasteiger charge is -2.11. The van der Waals surface area contributed by atoms with Gasteiger partial charge in [0.2, 0.25) is 0 Å². The van der Waals surface area contributed by atoms with Gasteiger partial charge in [-0.2, -0.15) is 17.6 Å². The van der Waals surface area contributed by atoms with Crippen LogP contribution in [0.5, 0.6) is 0 Å². The van der Waals surface area contributed by atoms with Crippen LogP contribution in [0.2, 0.25) is 0 Å². The van der Waals surface area contributed by atoms with E-state index in [1.165, 1.54) is 0 Å². The molecule has 10 heteroatoms. The quantitative estimate of drug-likeness (QED) is 0.448. The molecule has 3 nitrogen and oxygen atoms in total. The van der Waals surface area contributed by atoms with Crippen molar-refractivity contribution in [1.82, 2.24) is 0 Å². The summed E-state index contributed by atoms with van der Waals surface area (Å²) in [5.74, 6) is 0. The first-order valence-corrected chi connectivity index (χ1v) is 4.97. The van der Waals surface area contributed by atoms with E-state index >= 15 is 0 Å². The van der Waals surface area contributed by atoms with Crippen molar-refractivity contribution in [2.24, 2.45) is 0 Å². The zero-order valence-electron chi connectivity index (χ0n) is 4.99. The Morgan fingerprint density at radius 3 is 1.42 bits per heavy atom. The summed E-state index contributed by atoms with van der Waals surface area (Å²) < 4.78 is 63.5. The molecule has 0 aromatic rings. The van der Waals surface area contributed by atoms with Gasteiger partial charge in [0.15, 0.2) is 0 Å². The van der Waals surface area contributed by atoms with Gasteiger partial charge in [-0.3, -0.25) is 4.57 Å². The molecule has 12 heavy (non-hydrogen) atoms. The molecule has 0 fully saturated rings. The first-order valence-electron chi connectivity index (χ1n) is 2.15. The Hall–Kier alpha value is 0.830. The average molecular weight is 340 g/mol. The van der Waals surface area contributed by atoms with Gasteiger partial charge in [0, 0.05) is 31.9 Å². The summed E-state index contributed by atoms with van der Waals surface area (Å²) in [6, 6.07) is 0. The molecule has 0 N–H and O–H groups in total. The second-order valence-corrected chi connectivity index (χ2v) is 4.10. The van der Waals surface area contributed by atoms with Gasteiger partial charge in [0.25, 0.3) is 0 Å². The molecular formula is C2HBr2F4O3P. The fourth-order valence-electron chi connectivity index (χ4n) is 0.210. The highest BCUT2D eigenvalue weighted by molar-refractivity contribution is 9.10. The minimum absolute atomic E-state index is 1.62. The normalized spacial score (nSPS) is 13.9. The standard InChI is InChI=1S/C2HBr2F4O3P/c3-1(5,6)10-12(9)11-2(4,7)8/h12H. The molecule has 0 aromatic carbocycles. The summed E-state index contributed by atoms with van der Waals surface area (Å²) in [6.07, 6.45) is 0. The molecule has 74 valence electrons. The van der Waals surface area contributed by atoms with Crippen LogP contribution in [0.4, 0.5) is 17.6 Å². The van der Waals surface area contributed by atoms with Gasteiger partial charge in [0.05, 0.1) is 0 Å². The number of hydrogen-bond donors (Lipinski definition) is 0. The van der Waals surface area contributed by atoms with Gasteiger partial charge in [-0.05, 0) is 0 Å². The van der Waals surface area contributed by atoms with Crippen LogP contribution >= 0.6 is 40.1 Å². The highest BCUT2D eigenvalue weighted by Gasteiger charge is 2.34. The third-order valence-electron chi connectivity index (χ3n) is 0.398. The van der Waals surface area contributed by atoms with Crippen molar-refractivity contribution in [2.75, 3.05) is 0 Å². The highest BCUT2D eigenvalue weighted by atomic mass is 79.9. The van der Waals surface area contributed by atoms with Gasteiger partial charge >= 0.3 is 18.3 Å². The van der Waals surface area contributed by atoms with Crippen molar-refractivity contribution in [2.45, 2.75) is 10.0 Å². The number of halogens is 6. The summed E-state index contributed by atoms with van der Waals surface area (Å²) in [5, 5.41) is -7.89. The lowest BCUT2D eigenvalue weighted by Crippen LogP contribution is -2.10. The van der Waals surface area contributed by atoms with Crippen LogP contribution in [-0.4, -0.2) is 10.0 Å². The smallest absolute Gasteiger partial charge is 0.263 e. The summed E-state index contributed by atoms with van der Waals surface area (Å²) >= 11 is 3.23. The van der Waals surface area contributed by atoms with Crippen molar-refractivity contribution in [1.29, 1.82) is 0 Å². The van der Waals surface area contributed by atoms with Crippen LogP contribution in [0, 0.1) is 0 Å². The fourth-order valence-corrected chi connectivity index (χ4v) is 1.42. The molecular weight excluding hydrogens is 339 g/mol. The predicted molar refractivity (Wildman–Crippen MR) is 38.9 cm³/mol. The van der Waals surface area contributed by atoms with Crippen molar-refractivity contribution in [3.63, 3.8) is 0 Å². The molecule has 0 bridgehead atoms. The fraction of sp³-hybridized carbons (Fsp3) is 1.00. The molecule has 0 heterocycles. The van der Waals surface area contributed by atoms with Crippen LogP contribution < -0.4 is 0 Å². The van der Waals surface area contributed by atoms with Gasteiger partial charge in [-0.1, -0.05) is 0 Å².